The lowest BCUT2D eigenvalue weighted by Crippen LogP contribution is -2.40. The monoisotopic (exact) mass is 584 g/mol. The first-order valence-corrected chi connectivity index (χ1v) is 12.9. The molecular formula is C26H22Br2N2O4. The average molecular weight is 586 g/mol. The van der Waals surface area contributed by atoms with Crippen LogP contribution in [-0.2, 0) is 16.2 Å². The van der Waals surface area contributed by atoms with Crippen LogP contribution in [0.3, 0.4) is 0 Å². The number of hydrogen-bond donors (Lipinski definition) is 0. The fraction of sp³-hybridized carbons (Fsp3) is 0.346. The van der Waals surface area contributed by atoms with E-state index in [0.717, 1.165) is 21.5 Å². The third kappa shape index (κ3) is 3.53. The van der Waals surface area contributed by atoms with Gasteiger partial charge in [0.1, 0.15) is 6.61 Å². The second-order valence-electron chi connectivity index (χ2n) is 9.34. The molecule has 2 saturated carbocycles. The van der Waals surface area contributed by atoms with Crippen LogP contribution >= 0.6 is 31.9 Å². The third-order valence-electron chi connectivity index (χ3n) is 7.51. The van der Waals surface area contributed by atoms with Gasteiger partial charge < -0.3 is 9.47 Å². The van der Waals surface area contributed by atoms with Crippen LogP contribution in [-0.4, -0.2) is 30.1 Å². The molecule has 1 saturated heterocycles. The van der Waals surface area contributed by atoms with Crippen LogP contribution in [0.5, 0.6) is 11.5 Å². The molecule has 8 heteroatoms. The number of benzene rings is 2. The van der Waals surface area contributed by atoms with Gasteiger partial charge in [-0.15, -0.1) is 0 Å². The molecule has 6 atom stereocenters. The van der Waals surface area contributed by atoms with Crippen LogP contribution in [0.15, 0.2) is 62.6 Å². The molecule has 7 rings (SSSR count). The van der Waals surface area contributed by atoms with E-state index in [4.69, 9.17) is 9.47 Å². The zero-order valence-electron chi connectivity index (χ0n) is 18.4. The molecule has 3 fully saturated rings. The molecule has 0 radical (unpaired) electrons. The number of imide groups is 1. The Hall–Kier alpha value is -2.45. The van der Waals surface area contributed by atoms with Crippen LogP contribution in [0.4, 0.5) is 0 Å². The molecule has 6 nitrogen and oxygen atoms in total. The summed E-state index contributed by atoms with van der Waals surface area (Å²) in [5.41, 5.74) is 1.72. The number of ether oxygens (including phenoxy) is 2. The maximum Gasteiger partial charge on any atom is 0.254 e. The number of rotatable bonds is 6. The van der Waals surface area contributed by atoms with Crippen molar-refractivity contribution >= 4 is 49.9 Å². The minimum Gasteiger partial charge on any atom is -0.493 e. The number of hydrazone groups is 1. The smallest absolute Gasteiger partial charge is 0.254 e. The van der Waals surface area contributed by atoms with Crippen LogP contribution in [0.25, 0.3) is 0 Å². The van der Waals surface area contributed by atoms with E-state index >= 15 is 0 Å². The SMILES string of the molecule is COc1cc(/C=N\N2C(=O)[C@@H]3[C@H]4C=C[C@@H]([C@@H]5C[C@H]45)[C@H]3C2=O)cc(Br)c1OCc1ccc(Br)cc1. The topological polar surface area (TPSA) is 68.2 Å². The third-order valence-corrected chi connectivity index (χ3v) is 8.63. The highest BCUT2D eigenvalue weighted by Crippen LogP contribution is 2.65. The highest BCUT2D eigenvalue weighted by Gasteiger charge is 2.67. The molecule has 0 unspecified atom stereocenters. The van der Waals surface area contributed by atoms with Crippen LogP contribution in [0, 0.1) is 35.5 Å². The molecule has 2 amide bonds. The Bertz CT molecular complexity index is 1210. The standard InChI is InChI=1S/C26H22Br2N2O4/c1-33-21-9-14(8-20(28)24(21)34-12-13-2-4-15(27)5-3-13)11-29-30-25(31)22-16-6-7-17(19-10-18(16)19)23(22)26(30)32/h2-9,11,16-19,22-23H,10,12H2,1H3/b29-11-/t16-,17-,18-,19+,22+,23+/m0/s1. The highest BCUT2D eigenvalue weighted by molar-refractivity contribution is 9.10. The van der Waals surface area contributed by atoms with Crippen molar-refractivity contribution in [2.45, 2.75) is 13.0 Å². The maximum atomic E-state index is 13.1. The van der Waals surface area contributed by atoms with E-state index in [-0.39, 0.29) is 35.5 Å². The second-order valence-corrected chi connectivity index (χ2v) is 11.1. The van der Waals surface area contributed by atoms with Gasteiger partial charge in [0.2, 0.25) is 0 Å². The van der Waals surface area contributed by atoms with Gasteiger partial charge in [0.25, 0.3) is 11.8 Å². The van der Waals surface area contributed by atoms with Gasteiger partial charge >= 0.3 is 0 Å². The number of nitrogens with zero attached hydrogens (tertiary/aromatic N) is 2. The molecule has 0 aromatic heterocycles. The van der Waals surface area contributed by atoms with Crippen LogP contribution < -0.4 is 9.47 Å². The number of amides is 2. The molecule has 2 bridgehead atoms. The Labute approximate surface area is 214 Å². The van der Waals surface area contributed by atoms with E-state index in [9.17, 15) is 9.59 Å². The lowest BCUT2D eigenvalue weighted by molar-refractivity contribution is -0.140. The summed E-state index contributed by atoms with van der Waals surface area (Å²) in [5.74, 6) is 1.78. The van der Waals surface area contributed by atoms with Crippen molar-refractivity contribution in [2.75, 3.05) is 7.11 Å². The molecule has 2 aromatic rings. The van der Waals surface area contributed by atoms with Crippen molar-refractivity contribution in [3.63, 3.8) is 0 Å². The molecule has 5 aliphatic rings. The van der Waals surface area contributed by atoms with Gasteiger partial charge in [0, 0.05) is 4.47 Å². The molecule has 2 aromatic carbocycles. The summed E-state index contributed by atoms with van der Waals surface area (Å²) in [6.07, 6.45) is 7.00. The van der Waals surface area contributed by atoms with Crippen molar-refractivity contribution in [1.82, 2.24) is 5.01 Å². The molecule has 174 valence electrons. The van der Waals surface area contributed by atoms with Crippen molar-refractivity contribution in [2.24, 2.45) is 40.6 Å². The van der Waals surface area contributed by atoms with Gasteiger partial charge in [-0.25, -0.2) is 0 Å². The average Bonchev–Trinajstić information content (AvgIpc) is 3.62. The van der Waals surface area contributed by atoms with E-state index < -0.39 is 0 Å². The largest absolute Gasteiger partial charge is 0.493 e. The van der Waals surface area contributed by atoms with Crippen LogP contribution in [0.1, 0.15) is 17.5 Å². The summed E-state index contributed by atoms with van der Waals surface area (Å²) in [5, 5.41) is 5.41. The van der Waals surface area contributed by atoms with Crippen LogP contribution in [0.2, 0.25) is 0 Å². The van der Waals surface area contributed by atoms with Gasteiger partial charge in [-0.05, 0) is 81.4 Å². The number of carbonyl (C=O) groups is 2. The molecule has 34 heavy (non-hydrogen) atoms. The summed E-state index contributed by atoms with van der Waals surface area (Å²) < 4.78 is 13.2. The van der Waals surface area contributed by atoms with Gasteiger partial charge in [-0.3, -0.25) is 9.59 Å². The first-order chi connectivity index (χ1) is 16.5. The van der Waals surface area contributed by atoms with E-state index in [2.05, 4.69) is 49.1 Å². The van der Waals surface area contributed by atoms with E-state index in [1.54, 1.807) is 13.2 Å². The zero-order chi connectivity index (χ0) is 23.6. The van der Waals surface area contributed by atoms with Gasteiger partial charge in [0.05, 0.1) is 29.6 Å². The van der Waals surface area contributed by atoms with Gasteiger partial charge in [0.15, 0.2) is 11.5 Å². The zero-order valence-corrected chi connectivity index (χ0v) is 21.5. The van der Waals surface area contributed by atoms with E-state index in [1.165, 1.54) is 6.21 Å². The van der Waals surface area contributed by atoms with Crippen molar-refractivity contribution < 1.29 is 19.1 Å². The Balaban J connectivity index is 1.20. The normalized spacial score (nSPS) is 30.6. The Morgan fingerprint density at radius 2 is 1.68 bits per heavy atom. The van der Waals surface area contributed by atoms with Crippen molar-refractivity contribution in [1.29, 1.82) is 0 Å². The number of methoxy groups -OCH3 is 1. The minimum absolute atomic E-state index is 0.170. The number of carbonyl (C=O) groups excluding carboxylic acids is 2. The quantitative estimate of drug-likeness (QED) is 0.266. The number of hydrogen-bond acceptors (Lipinski definition) is 5. The summed E-state index contributed by atoms with van der Waals surface area (Å²) in [6.45, 7) is 0.383. The Morgan fingerprint density at radius 1 is 1.03 bits per heavy atom. The summed E-state index contributed by atoms with van der Waals surface area (Å²) in [6, 6.07) is 11.5. The summed E-state index contributed by atoms with van der Waals surface area (Å²) >= 11 is 6.99. The van der Waals surface area contributed by atoms with Gasteiger partial charge in [-0.2, -0.15) is 10.1 Å². The van der Waals surface area contributed by atoms with Crippen molar-refractivity contribution in [3.8, 4) is 11.5 Å². The molecule has 1 heterocycles. The molecule has 0 spiro atoms. The minimum atomic E-state index is -0.251. The highest BCUT2D eigenvalue weighted by atomic mass is 79.9. The predicted octanol–water partition coefficient (Wildman–Crippen LogP) is 5.19. The van der Waals surface area contributed by atoms with E-state index in [1.807, 2.05) is 30.3 Å². The van der Waals surface area contributed by atoms with Gasteiger partial charge in [-0.1, -0.05) is 40.2 Å². The first-order valence-electron chi connectivity index (χ1n) is 11.3. The predicted molar refractivity (Wildman–Crippen MR) is 133 cm³/mol. The molecule has 0 N–H and O–H groups in total. The molecule has 1 aliphatic heterocycles. The van der Waals surface area contributed by atoms with E-state index in [0.29, 0.717) is 40.0 Å². The lowest BCUT2D eigenvalue weighted by atomic mass is 9.63. The number of allylic oxidation sites excluding steroid dienone is 2. The summed E-state index contributed by atoms with van der Waals surface area (Å²) in [4.78, 5) is 26.2. The lowest BCUT2D eigenvalue weighted by Gasteiger charge is -2.37. The summed E-state index contributed by atoms with van der Waals surface area (Å²) in [7, 11) is 1.57. The fourth-order valence-electron chi connectivity index (χ4n) is 5.87. The molecule has 4 aliphatic carbocycles. The first kappa shape index (κ1) is 22.0. The number of halogens is 2. The second kappa shape index (κ2) is 8.34. The van der Waals surface area contributed by atoms with Crippen molar-refractivity contribution in [3.05, 3.63) is 68.6 Å². The fourth-order valence-corrected chi connectivity index (χ4v) is 6.71. The molecular weight excluding hydrogens is 564 g/mol. The Kier molecular flexibility index (Phi) is 5.41. The Morgan fingerprint density at radius 3 is 2.29 bits per heavy atom. The maximum absolute atomic E-state index is 13.1.